The number of benzene rings is 1. The summed E-state index contributed by atoms with van der Waals surface area (Å²) in [4.78, 5) is 36.6. The van der Waals surface area contributed by atoms with Gasteiger partial charge in [0.2, 0.25) is 0 Å². The first-order chi connectivity index (χ1) is 12.9. The van der Waals surface area contributed by atoms with Crippen LogP contribution in [0.3, 0.4) is 0 Å². The van der Waals surface area contributed by atoms with E-state index >= 15 is 0 Å². The molecule has 1 unspecified atom stereocenters. The van der Waals surface area contributed by atoms with E-state index < -0.39 is 17.4 Å². The molecule has 0 spiro atoms. The van der Waals surface area contributed by atoms with Crippen molar-refractivity contribution in [3.05, 3.63) is 58.8 Å². The molecule has 0 bridgehead atoms. The number of nitrogens with zero attached hydrogens (tertiary/aromatic N) is 1. The summed E-state index contributed by atoms with van der Waals surface area (Å²) in [6.45, 7) is 1.43. The van der Waals surface area contributed by atoms with Crippen molar-refractivity contribution in [2.75, 3.05) is 14.1 Å². The highest BCUT2D eigenvalue weighted by Crippen LogP contribution is 2.27. The van der Waals surface area contributed by atoms with Gasteiger partial charge in [0.1, 0.15) is 6.29 Å². The maximum Gasteiger partial charge on any atom is 0.278 e. The van der Waals surface area contributed by atoms with Crippen LogP contribution in [0.25, 0.3) is 0 Å². The lowest BCUT2D eigenvalue weighted by Crippen LogP contribution is -2.62. The van der Waals surface area contributed by atoms with Crippen molar-refractivity contribution in [2.45, 2.75) is 18.9 Å². The lowest BCUT2D eigenvalue weighted by Gasteiger charge is -2.37. The minimum absolute atomic E-state index is 0.446. The van der Waals surface area contributed by atoms with Gasteiger partial charge in [-0.15, -0.1) is 0 Å². The average Bonchev–Trinajstić information content (AvgIpc) is 3.19. The fourth-order valence-electron chi connectivity index (χ4n) is 2.67. The van der Waals surface area contributed by atoms with Gasteiger partial charge >= 0.3 is 0 Å². The third kappa shape index (κ3) is 4.07. The van der Waals surface area contributed by atoms with Gasteiger partial charge in [-0.1, -0.05) is 24.0 Å². The van der Waals surface area contributed by atoms with Crippen LogP contribution in [0.1, 0.15) is 29.3 Å². The second-order valence-corrected chi connectivity index (χ2v) is 6.17. The molecule has 7 nitrogen and oxygen atoms in total. The normalized spacial score (nSPS) is 14.7. The van der Waals surface area contributed by atoms with E-state index in [1.807, 2.05) is 6.08 Å². The largest absolute Gasteiger partial charge is 0.357 e. The van der Waals surface area contributed by atoms with Gasteiger partial charge in [-0.25, -0.2) is 5.48 Å². The Morgan fingerprint density at radius 1 is 1.19 bits per heavy atom. The maximum absolute atomic E-state index is 12.3. The summed E-state index contributed by atoms with van der Waals surface area (Å²) in [7, 11) is 3.03. The molecule has 0 fully saturated rings. The van der Waals surface area contributed by atoms with E-state index in [1.165, 1.54) is 18.9 Å². The van der Waals surface area contributed by atoms with Crippen LogP contribution in [0.4, 0.5) is 0 Å². The number of likely N-dealkylation sites (N-methyl/N-ethyl adjacent to an activating group) is 2. The van der Waals surface area contributed by atoms with E-state index in [-0.39, 0.29) is 0 Å². The smallest absolute Gasteiger partial charge is 0.278 e. The molecule has 0 radical (unpaired) electrons. The molecule has 27 heavy (non-hydrogen) atoms. The second kappa shape index (κ2) is 8.34. The predicted octanol–water partition coefficient (Wildman–Crippen LogP) is 1.01. The van der Waals surface area contributed by atoms with Gasteiger partial charge in [0, 0.05) is 42.9 Å². The topological polar surface area (TPSA) is 98.7 Å². The molecular formula is C20H21N3O4. The average molecular weight is 367 g/mol. The zero-order valence-electron chi connectivity index (χ0n) is 15.4. The van der Waals surface area contributed by atoms with Crippen LogP contribution < -0.4 is 10.8 Å². The summed E-state index contributed by atoms with van der Waals surface area (Å²) in [5.41, 5.74) is 2.83. The van der Waals surface area contributed by atoms with Crippen molar-refractivity contribution < 1.29 is 19.6 Å². The van der Waals surface area contributed by atoms with Crippen molar-refractivity contribution in [3.8, 4) is 11.8 Å². The molecule has 0 aromatic heterocycles. The Morgan fingerprint density at radius 3 is 2.41 bits per heavy atom. The lowest BCUT2D eigenvalue weighted by atomic mass is 9.96. The van der Waals surface area contributed by atoms with Crippen LogP contribution in [0, 0.1) is 11.8 Å². The monoisotopic (exact) mass is 367 g/mol. The maximum atomic E-state index is 12.3. The van der Waals surface area contributed by atoms with Gasteiger partial charge < -0.3 is 10.2 Å². The van der Waals surface area contributed by atoms with Crippen LogP contribution >= 0.6 is 0 Å². The highest BCUT2D eigenvalue weighted by Gasteiger charge is 2.45. The minimum Gasteiger partial charge on any atom is -0.357 e. The summed E-state index contributed by atoms with van der Waals surface area (Å²) in [5.74, 6) is 4.69. The molecule has 3 N–H and O–H groups in total. The number of hydrogen-bond donors (Lipinski definition) is 3. The Bertz CT molecular complexity index is 857. The number of allylic oxidation sites excluding steroid dienone is 3. The standard InChI is InChI=1S/C20H21N3O4/c1-20(18(25)21-2,19(26)22-27)23(3)17-11-10-15(12-17)7-4-14-5-8-16(13-24)9-6-14/h5-6,8-11,13,27H,12H2,1-3H3,(H,21,25)(H,22,26). The van der Waals surface area contributed by atoms with Crippen molar-refractivity contribution >= 4 is 18.1 Å². The molecular weight excluding hydrogens is 346 g/mol. The molecule has 0 saturated heterocycles. The summed E-state index contributed by atoms with van der Waals surface area (Å²) >= 11 is 0. The van der Waals surface area contributed by atoms with E-state index in [0.717, 1.165) is 17.4 Å². The van der Waals surface area contributed by atoms with Gasteiger partial charge in [-0.3, -0.25) is 19.6 Å². The minimum atomic E-state index is -1.61. The molecule has 1 aliphatic rings. The Labute approximate surface area is 157 Å². The van der Waals surface area contributed by atoms with Gasteiger partial charge in [-0.2, -0.15) is 0 Å². The van der Waals surface area contributed by atoms with Crippen LogP contribution in [-0.4, -0.2) is 47.8 Å². The number of hydrogen-bond acceptors (Lipinski definition) is 5. The summed E-state index contributed by atoms with van der Waals surface area (Å²) < 4.78 is 0. The van der Waals surface area contributed by atoms with Crippen LogP contribution in [0.15, 0.2) is 47.7 Å². The van der Waals surface area contributed by atoms with Crippen molar-refractivity contribution in [3.63, 3.8) is 0 Å². The van der Waals surface area contributed by atoms with Gasteiger partial charge in [0.05, 0.1) is 0 Å². The first-order valence-electron chi connectivity index (χ1n) is 8.24. The predicted molar refractivity (Wildman–Crippen MR) is 99.7 cm³/mol. The van der Waals surface area contributed by atoms with Crippen molar-refractivity contribution in [1.29, 1.82) is 0 Å². The summed E-state index contributed by atoms with van der Waals surface area (Å²) in [6, 6.07) is 6.92. The Morgan fingerprint density at radius 2 is 1.85 bits per heavy atom. The number of aldehydes is 1. The van der Waals surface area contributed by atoms with Crippen molar-refractivity contribution in [2.24, 2.45) is 0 Å². The quantitative estimate of drug-likeness (QED) is 0.237. The number of carbonyl (C=O) groups excluding carboxylic acids is 3. The van der Waals surface area contributed by atoms with Crippen LogP contribution in [-0.2, 0) is 9.59 Å². The molecule has 1 atom stereocenters. The molecule has 140 valence electrons. The Kier molecular flexibility index (Phi) is 6.16. The number of amides is 2. The Balaban J connectivity index is 2.13. The zero-order chi connectivity index (χ0) is 20.0. The van der Waals surface area contributed by atoms with E-state index in [0.29, 0.717) is 17.7 Å². The zero-order valence-corrected chi connectivity index (χ0v) is 15.4. The highest BCUT2D eigenvalue weighted by molar-refractivity contribution is 6.09. The van der Waals surface area contributed by atoms with Gasteiger partial charge in [0.15, 0.2) is 5.54 Å². The molecule has 1 aromatic carbocycles. The molecule has 0 aliphatic heterocycles. The van der Waals surface area contributed by atoms with Crippen LogP contribution in [0.2, 0.25) is 0 Å². The summed E-state index contributed by atoms with van der Waals surface area (Å²) in [5, 5.41) is 11.5. The molecule has 0 saturated carbocycles. The first-order valence-corrected chi connectivity index (χ1v) is 8.24. The number of rotatable bonds is 5. The third-order valence-corrected chi connectivity index (χ3v) is 4.58. The van der Waals surface area contributed by atoms with E-state index in [4.69, 9.17) is 5.21 Å². The molecule has 1 aromatic rings. The SMILES string of the molecule is CNC(=O)C(C)(C(=O)NO)N(C)C1=CC=C(C#Cc2ccc(C=O)cc2)C1. The molecule has 2 amide bonds. The second-order valence-electron chi connectivity index (χ2n) is 6.17. The van der Waals surface area contributed by atoms with Crippen LogP contribution in [0.5, 0.6) is 0 Å². The van der Waals surface area contributed by atoms with Crippen molar-refractivity contribution in [1.82, 2.24) is 15.7 Å². The summed E-state index contributed by atoms with van der Waals surface area (Å²) in [6.07, 6.45) is 4.82. The fourth-order valence-corrected chi connectivity index (χ4v) is 2.67. The molecule has 7 heteroatoms. The van der Waals surface area contributed by atoms with E-state index in [1.54, 1.807) is 42.9 Å². The van der Waals surface area contributed by atoms with E-state index in [9.17, 15) is 14.4 Å². The van der Waals surface area contributed by atoms with Gasteiger partial charge in [0.25, 0.3) is 11.8 Å². The molecule has 2 rings (SSSR count). The highest BCUT2D eigenvalue weighted by atomic mass is 16.5. The number of hydroxylamine groups is 1. The van der Waals surface area contributed by atoms with Gasteiger partial charge in [-0.05, 0) is 31.2 Å². The lowest BCUT2D eigenvalue weighted by molar-refractivity contribution is -0.148. The first kappa shape index (κ1) is 19.9. The third-order valence-electron chi connectivity index (χ3n) is 4.58. The Hall–Kier alpha value is -3.37. The molecule has 0 heterocycles. The molecule has 1 aliphatic carbocycles. The van der Waals surface area contributed by atoms with E-state index in [2.05, 4.69) is 17.2 Å². The number of nitrogens with one attached hydrogen (secondary N) is 2. The fraction of sp³-hybridized carbons (Fsp3) is 0.250. The number of carbonyl (C=O) groups is 3.